The molecule has 1 aromatic rings. The average molecular weight is 359 g/mol. The summed E-state index contributed by atoms with van der Waals surface area (Å²) in [6.45, 7) is 3.57. The van der Waals surface area contributed by atoms with Crippen molar-refractivity contribution in [3.8, 4) is 0 Å². The molecule has 0 bridgehead atoms. The van der Waals surface area contributed by atoms with Gasteiger partial charge >= 0.3 is 0 Å². The molecule has 0 aliphatic carbocycles. The molecule has 1 unspecified atom stereocenters. The van der Waals surface area contributed by atoms with Gasteiger partial charge in [-0.25, -0.2) is 0 Å². The third kappa shape index (κ3) is 5.81. The summed E-state index contributed by atoms with van der Waals surface area (Å²) < 4.78 is 5.38. The average Bonchev–Trinajstić information content (AvgIpc) is 2.68. The van der Waals surface area contributed by atoms with E-state index in [1.54, 1.807) is 0 Å². The molecule has 142 valence electrons. The molecule has 2 fully saturated rings. The number of morpholine rings is 1. The SMILES string of the molecule is O=C(CC1COCCN1)NC1CCN(C(=O)CCc2ccccc2)CC1. The Bertz CT molecular complexity index is 579. The number of piperidine rings is 1. The van der Waals surface area contributed by atoms with Crippen molar-refractivity contribution < 1.29 is 14.3 Å². The van der Waals surface area contributed by atoms with Gasteiger partial charge in [-0.2, -0.15) is 0 Å². The van der Waals surface area contributed by atoms with Crippen LogP contribution in [0.1, 0.15) is 31.2 Å². The van der Waals surface area contributed by atoms with Gasteiger partial charge in [-0.15, -0.1) is 0 Å². The maximum Gasteiger partial charge on any atom is 0.222 e. The van der Waals surface area contributed by atoms with Crippen LogP contribution in [0, 0.1) is 0 Å². The van der Waals surface area contributed by atoms with Crippen LogP contribution in [0.5, 0.6) is 0 Å². The van der Waals surface area contributed by atoms with Gasteiger partial charge in [0.25, 0.3) is 0 Å². The Balaban J connectivity index is 1.34. The van der Waals surface area contributed by atoms with Crippen molar-refractivity contribution in [1.29, 1.82) is 0 Å². The highest BCUT2D eigenvalue weighted by Gasteiger charge is 2.25. The van der Waals surface area contributed by atoms with Gasteiger partial charge in [-0.3, -0.25) is 9.59 Å². The predicted octanol–water partition coefficient (Wildman–Crippen LogP) is 1.10. The van der Waals surface area contributed by atoms with E-state index >= 15 is 0 Å². The number of aryl methyl sites for hydroxylation is 1. The van der Waals surface area contributed by atoms with Gasteiger partial charge in [0.1, 0.15) is 0 Å². The Morgan fingerprint density at radius 2 is 1.96 bits per heavy atom. The maximum absolute atomic E-state index is 12.4. The molecule has 0 radical (unpaired) electrons. The normalized spacial score (nSPS) is 21.4. The zero-order valence-corrected chi connectivity index (χ0v) is 15.3. The summed E-state index contributed by atoms with van der Waals surface area (Å²) in [6.07, 6.45) is 3.45. The molecule has 0 saturated carbocycles. The zero-order chi connectivity index (χ0) is 18.2. The van der Waals surface area contributed by atoms with E-state index in [0.29, 0.717) is 19.4 Å². The molecule has 0 spiro atoms. The number of nitrogens with one attached hydrogen (secondary N) is 2. The summed E-state index contributed by atoms with van der Waals surface area (Å²) in [7, 11) is 0. The molecular formula is C20H29N3O3. The van der Waals surface area contributed by atoms with E-state index in [-0.39, 0.29) is 23.9 Å². The summed E-state index contributed by atoms with van der Waals surface area (Å²) in [4.78, 5) is 26.5. The van der Waals surface area contributed by atoms with E-state index < -0.39 is 0 Å². The maximum atomic E-state index is 12.4. The Kier molecular flexibility index (Phi) is 7.03. The van der Waals surface area contributed by atoms with E-state index in [1.807, 2.05) is 23.1 Å². The molecule has 1 aromatic carbocycles. The number of benzene rings is 1. The summed E-state index contributed by atoms with van der Waals surface area (Å²) in [5.74, 6) is 0.282. The summed E-state index contributed by atoms with van der Waals surface area (Å²) >= 11 is 0. The second-order valence-corrected chi connectivity index (χ2v) is 7.14. The molecule has 0 aromatic heterocycles. The second-order valence-electron chi connectivity index (χ2n) is 7.14. The molecule has 26 heavy (non-hydrogen) atoms. The minimum atomic E-state index is 0.0712. The monoisotopic (exact) mass is 359 g/mol. The van der Waals surface area contributed by atoms with E-state index in [4.69, 9.17) is 4.74 Å². The smallest absolute Gasteiger partial charge is 0.222 e. The van der Waals surface area contributed by atoms with Crippen LogP contribution in [0.4, 0.5) is 0 Å². The fourth-order valence-corrected chi connectivity index (χ4v) is 3.59. The number of rotatable bonds is 6. The molecule has 3 rings (SSSR count). The third-order valence-corrected chi connectivity index (χ3v) is 5.11. The molecule has 2 amide bonds. The van der Waals surface area contributed by atoms with Crippen molar-refractivity contribution in [2.45, 2.75) is 44.2 Å². The fraction of sp³-hybridized carbons (Fsp3) is 0.600. The predicted molar refractivity (Wildman–Crippen MR) is 99.7 cm³/mol. The Morgan fingerprint density at radius 1 is 1.19 bits per heavy atom. The highest BCUT2D eigenvalue weighted by Crippen LogP contribution is 2.13. The number of ether oxygens (including phenoxy) is 1. The summed E-state index contributed by atoms with van der Waals surface area (Å²) in [5.41, 5.74) is 1.20. The number of hydrogen-bond donors (Lipinski definition) is 2. The van der Waals surface area contributed by atoms with Crippen LogP contribution in [0.2, 0.25) is 0 Å². The van der Waals surface area contributed by atoms with E-state index in [2.05, 4.69) is 22.8 Å². The van der Waals surface area contributed by atoms with Crippen LogP contribution in [-0.2, 0) is 20.7 Å². The molecule has 2 aliphatic rings. The molecule has 6 nitrogen and oxygen atoms in total. The highest BCUT2D eigenvalue weighted by molar-refractivity contribution is 5.77. The molecule has 2 aliphatic heterocycles. The highest BCUT2D eigenvalue weighted by atomic mass is 16.5. The van der Waals surface area contributed by atoms with Crippen LogP contribution >= 0.6 is 0 Å². The van der Waals surface area contributed by atoms with E-state index in [0.717, 1.165) is 45.5 Å². The van der Waals surface area contributed by atoms with Gasteiger partial charge in [0, 0.05) is 44.6 Å². The molecule has 6 heteroatoms. The Labute approximate surface area is 155 Å². The van der Waals surface area contributed by atoms with E-state index in [1.165, 1.54) is 5.56 Å². The number of hydrogen-bond acceptors (Lipinski definition) is 4. The topological polar surface area (TPSA) is 70.7 Å². The lowest BCUT2D eigenvalue weighted by molar-refractivity contribution is -0.132. The third-order valence-electron chi connectivity index (χ3n) is 5.11. The fourth-order valence-electron chi connectivity index (χ4n) is 3.59. The lowest BCUT2D eigenvalue weighted by Gasteiger charge is -2.33. The first-order chi connectivity index (χ1) is 12.7. The van der Waals surface area contributed by atoms with Crippen LogP contribution in [0.15, 0.2) is 30.3 Å². The Hall–Kier alpha value is -1.92. The number of nitrogens with zero attached hydrogens (tertiary/aromatic N) is 1. The van der Waals surface area contributed by atoms with E-state index in [9.17, 15) is 9.59 Å². The first kappa shape index (κ1) is 18.9. The van der Waals surface area contributed by atoms with Crippen molar-refractivity contribution in [3.05, 3.63) is 35.9 Å². The number of carbonyl (C=O) groups is 2. The van der Waals surface area contributed by atoms with Crippen molar-refractivity contribution >= 4 is 11.8 Å². The van der Waals surface area contributed by atoms with Gasteiger partial charge in [0.15, 0.2) is 0 Å². The minimum Gasteiger partial charge on any atom is -0.378 e. The second kappa shape index (κ2) is 9.69. The number of carbonyl (C=O) groups excluding carboxylic acids is 2. The molecular weight excluding hydrogens is 330 g/mol. The first-order valence-electron chi connectivity index (χ1n) is 9.63. The van der Waals surface area contributed by atoms with Gasteiger partial charge in [-0.1, -0.05) is 30.3 Å². The van der Waals surface area contributed by atoms with Crippen LogP contribution in [0.3, 0.4) is 0 Å². The van der Waals surface area contributed by atoms with Gasteiger partial charge in [-0.05, 0) is 24.8 Å². The van der Waals surface area contributed by atoms with Crippen molar-refractivity contribution in [2.24, 2.45) is 0 Å². The van der Waals surface area contributed by atoms with Crippen molar-refractivity contribution in [3.63, 3.8) is 0 Å². The molecule has 2 saturated heterocycles. The van der Waals surface area contributed by atoms with Gasteiger partial charge in [0.05, 0.1) is 13.2 Å². The van der Waals surface area contributed by atoms with Gasteiger partial charge in [0.2, 0.25) is 11.8 Å². The quantitative estimate of drug-likeness (QED) is 0.798. The van der Waals surface area contributed by atoms with Crippen LogP contribution in [-0.4, -0.2) is 61.6 Å². The zero-order valence-electron chi connectivity index (χ0n) is 15.3. The van der Waals surface area contributed by atoms with Crippen molar-refractivity contribution in [1.82, 2.24) is 15.5 Å². The minimum absolute atomic E-state index is 0.0712. The van der Waals surface area contributed by atoms with Crippen LogP contribution < -0.4 is 10.6 Å². The molecule has 2 N–H and O–H groups in total. The largest absolute Gasteiger partial charge is 0.378 e. The molecule has 2 heterocycles. The van der Waals surface area contributed by atoms with Gasteiger partial charge < -0.3 is 20.3 Å². The first-order valence-corrected chi connectivity index (χ1v) is 9.63. The van der Waals surface area contributed by atoms with Crippen LogP contribution in [0.25, 0.3) is 0 Å². The number of likely N-dealkylation sites (tertiary alicyclic amines) is 1. The lowest BCUT2D eigenvalue weighted by atomic mass is 10.0. The molecule has 1 atom stereocenters. The Morgan fingerprint density at radius 3 is 2.65 bits per heavy atom. The standard InChI is InChI=1S/C20H29N3O3/c24-19(14-18-15-26-13-10-21-18)22-17-8-11-23(12-9-17)20(25)7-6-16-4-2-1-3-5-16/h1-5,17-18,21H,6-15H2,(H,22,24). The lowest BCUT2D eigenvalue weighted by Crippen LogP contribution is -2.49. The summed E-state index contributed by atoms with van der Waals surface area (Å²) in [5, 5.41) is 6.41. The van der Waals surface area contributed by atoms with Crippen molar-refractivity contribution in [2.75, 3.05) is 32.8 Å². The number of amides is 2. The summed E-state index contributed by atoms with van der Waals surface area (Å²) in [6, 6.07) is 10.4.